The van der Waals surface area contributed by atoms with Gasteiger partial charge in [-0.05, 0) is 31.4 Å². The molecule has 0 aromatic carbocycles. The van der Waals surface area contributed by atoms with Gasteiger partial charge < -0.3 is 4.84 Å². The second-order valence-electron chi connectivity index (χ2n) is 5.39. The van der Waals surface area contributed by atoms with Gasteiger partial charge in [0.2, 0.25) is 0 Å². The van der Waals surface area contributed by atoms with Crippen molar-refractivity contribution in [2.75, 3.05) is 13.2 Å². The van der Waals surface area contributed by atoms with Crippen molar-refractivity contribution in [3.05, 3.63) is 28.8 Å². The van der Waals surface area contributed by atoms with Gasteiger partial charge in [-0.2, -0.15) is 0 Å². The average molecular weight is 332 g/mol. The monoisotopic (exact) mass is 331 g/mol. The maximum atomic E-state index is 9.62. The third-order valence-corrected chi connectivity index (χ3v) is 3.50. The molecular formula is C13H24CuN2O2Si. The van der Waals surface area contributed by atoms with Crippen LogP contribution in [0.15, 0.2) is 34.3 Å². The maximum absolute atomic E-state index is 9.62. The Kier molecular flexibility index (Phi) is 12.1. The van der Waals surface area contributed by atoms with Crippen LogP contribution in [0.5, 0.6) is 0 Å². The molecule has 1 heterocycles. The van der Waals surface area contributed by atoms with Crippen molar-refractivity contribution in [1.29, 1.82) is 0 Å². The number of hydrogen-bond donors (Lipinski definition) is 0. The topological polar surface area (TPSA) is 51.0 Å². The molecule has 0 aromatic rings. The molecule has 6 heteroatoms. The molecule has 0 atom stereocenters. The van der Waals surface area contributed by atoms with Crippen molar-refractivity contribution in [2.24, 2.45) is 10.3 Å². The average Bonchev–Trinajstić information content (AvgIpc) is 2.79. The molecule has 0 unspecified atom stereocenters. The molecule has 0 amide bonds. The minimum atomic E-state index is -0.867. The normalized spacial score (nSPS) is 14.5. The fourth-order valence-corrected chi connectivity index (χ4v) is 1.13. The van der Waals surface area contributed by atoms with Gasteiger partial charge in [-0.1, -0.05) is 19.6 Å². The summed E-state index contributed by atoms with van der Waals surface area (Å²) >= 11 is 0. The Morgan fingerprint density at radius 3 is 2.47 bits per heavy atom. The smallest absolute Gasteiger partial charge is 0.155 e. The van der Waals surface area contributed by atoms with Crippen molar-refractivity contribution in [3.8, 4) is 0 Å². The summed E-state index contributed by atoms with van der Waals surface area (Å²) < 4.78 is 0. The van der Waals surface area contributed by atoms with E-state index in [9.17, 15) is 4.91 Å². The van der Waals surface area contributed by atoms with Crippen molar-refractivity contribution < 1.29 is 21.9 Å². The third kappa shape index (κ3) is 13.5. The van der Waals surface area contributed by atoms with Crippen LogP contribution in [0.4, 0.5) is 0 Å². The molecule has 4 nitrogen and oxygen atoms in total. The minimum absolute atomic E-state index is 0. The Hall–Kier alpha value is -0.714. The Bertz CT molecular complexity index is 336. The zero-order valence-electron chi connectivity index (χ0n) is 12.2. The quantitative estimate of drug-likeness (QED) is 0.435. The molecule has 1 radical (unpaired) electrons. The first-order valence-electron chi connectivity index (χ1n) is 6.18. The van der Waals surface area contributed by atoms with E-state index in [1.807, 2.05) is 13.0 Å². The second kappa shape index (κ2) is 11.1. The first-order chi connectivity index (χ1) is 8.39. The Balaban J connectivity index is 0. The van der Waals surface area contributed by atoms with Crippen LogP contribution in [-0.2, 0) is 21.9 Å². The van der Waals surface area contributed by atoms with Gasteiger partial charge in [-0.25, -0.2) is 0 Å². The first-order valence-corrected chi connectivity index (χ1v) is 9.75. The van der Waals surface area contributed by atoms with E-state index in [0.717, 1.165) is 30.7 Å². The predicted molar refractivity (Wildman–Crippen MR) is 80.6 cm³/mol. The summed E-state index contributed by atoms with van der Waals surface area (Å²) in [6.07, 6.45) is 4.12. The molecule has 1 rings (SSSR count). The fraction of sp³-hybridized carbons (Fsp3) is 0.615. The molecule has 1 aliphatic rings. The number of allylic oxidation sites excluding steroid dienone is 1. The molecule has 0 N–H and O–H groups in total. The van der Waals surface area contributed by atoms with Gasteiger partial charge in [0.15, 0.2) is 5.34 Å². The van der Waals surface area contributed by atoms with Crippen LogP contribution in [0.3, 0.4) is 0 Å². The minimum Gasteiger partial charge on any atom is -0.360 e. The first kappa shape index (κ1) is 20.6. The molecule has 0 saturated carbocycles. The van der Waals surface area contributed by atoms with Gasteiger partial charge >= 0.3 is 0 Å². The summed E-state index contributed by atoms with van der Waals surface area (Å²) in [6.45, 7) is 13.6. The van der Waals surface area contributed by atoms with Gasteiger partial charge in [-0.15, -0.1) is 17.2 Å². The molecular weight excluding hydrogens is 308 g/mol. The zero-order valence-corrected chi connectivity index (χ0v) is 14.1. The van der Waals surface area contributed by atoms with E-state index < -0.39 is 8.07 Å². The van der Waals surface area contributed by atoms with Crippen LogP contribution < -0.4 is 0 Å². The fourth-order valence-electron chi connectivity index (χ4n) is 1.13. The van der Waals surface area contributed by atoms with Crippen molar-refractivity contribution in [2.45, 2.75) is 39.4 Å². The Morgan fingerprint density at radius 1 is 1.53 bits per heavy atom. The number of hydrogen-bond acceptors (Lipinski definition) is 4. The van der Waals surface area contributed by atoms with Gasteiger partial charge in [0.05, 0.1) is 8.07 Å². The molecule has 19 heavy (non-hydrogen) atoms. The number of nitrogens with zero attached hydrogens (tertiary/aromatic N) is 2. The SMILES string of the molecule is C=C[Si](C)(C)C.CC(=CC1=NCCC1)CON=O.[Cu]. The largest absolute Gasteiger partial charge is 0.360 e. The number of aliphatic imine (C=N–C) groups is 1. The zero-order chi connectivity index (χ0) is 14.0. The number of rotatable bonds is 5. The summed E-state index contributed by atoms with van der Waals surface area (Å²) in [6, 6.07) is 0. The molecule has 0 bridgehead atoms. The van der Waals surface area contributed by atoms with Crippen LogP contribution in [0.2, 0.25) is 19.6 Å². The van der Waals surface area contributed by atoms with Crippen molar-refractivity contribution in [1.82, 2.24) is 0 Å². The second-order valence-corrected chi connectivity index (χ2v) is 10.5. The standard InChI is InChI=1S/C8H12N2O2.C5H12Si.Cu/c1-7(6-12-10-11)5-8-3-2-4-9-8;1-5-6(2,3)4;/h5H,2-4,6H2,1H3;5H,1H2,2-4H3;. The Morgan fingerprint density at radius 2 is 2.11 bits per heavy atom. The van der Waals surface area contributed by atoms with Gasteiger partial charge in [-0.3, -0.25) is 4.99 Å². The molecule has 1 aliphatic heterocycles. The van der Waals surface area contributed by atoms with E-state index in [4.69, 9.17) is 0 Å². The molecule has 0 spiro atoms. The van der Waals surface area contributed by atoms with E-state index in [1.165, 1.54) is 0 Å². The van der Waals surface area contributed by atoms with Gasteiger partial charge in [0.1, 0.15) is 6.61 Å². The molecule has 0 aromatic heterocycles. The molecule has 113 valence electrons. The summed E-state index contributed by atoms with van der Waals surface area (Å²) in [5.74, 6) is 0. The summed E-state index contributed by atoms with van der Waals surface area (Å²) in [4.78, 5) is 18.2. The summed E-state index contributed by atoms with van der Waals surface area (Å²) in [5, 5.41) is 2.32. The maximum Gasteiger partial charge on any atom is 0.155 e. The molecule has 0 saturated heterocycles. The van der Waals surface area contributed by atoms with Crippen LogP contribution in [-0.4, -0.2) is 26.9 Å². The van der Waals surface area contributed by atoms with E-state index in [2.05, 4.69) is 47.1 Å². The van der Waals surface area contributed by atoms with Crippen molar-refractivity contribution >= 4 is 13.8 Å². The molecule has 0 aliphatic carbocycles. The summed E-state index contributed by atoms with van der Waals surface area (Å²) in [5.41, 5.74) is 4.16. The van der Waals surface area contributed by atoms with Crippen LogP contribution >= 0.6 is 0 Å². The Labute approximate surface area is 127 Å². The van der Waals surface area contributed by atoms with E-state index in [0.29, 0.717) is 0 Å². The van der Waals surface area contributed by atoms with E-state index >= 15 is 0 Å². The van der Waals surface area contributed by atoms with Crippen LogP contribution in [0.1, 0.15) is 19.8 Å². The molecule has 0 fully saturated rings. The predicted octanol–water partition coefficient (Wildman–Crippen LogP) is 3.91. The van der Waals surface area contributed by atoms with Gasteiger partial charge in [0, 0.05) is 29.3 Å². The van der Waals surface area contributed by atoms with Crippen molar-refractivity contribution in [3.63, 3.8) is 0 Å². The van der Waals surface area contributed by atoms with E-state index in [-0.39, 0.29) is 23.7 Å². The van der Waals surface area contributed by atoms with Crippen LogP contribution in [0, 0.1) is 4.91 Å². The van der Waals surface area contributed by atoms with Crippen LogP contribution in [0.25, 0.3) is 0 Å². The van der Waals surface area contributed by atoms with Gasteiger partial charge in [0.25, 0.3) is 0 Å². The summed E-state index contributed by atoms with van der Waals surface area (Å²) in [7, 11) is -0.867. The van der Waals surface area contributed by atoms with E-state index in [1.54, 1.807) is 0 Å². The third-order valence-electron chi connectivity index (χ3n) is 2.28.